The largest absolute Gasteiger partial charge is 0.383 e. The van der Waals surface area contributed by atoms with Crippen molar-refractivity contribution < 1.29 is 17.9 Å². The number of piperidine rings is 1. The van der Waals surface area contributed by atoms with Crippen LogP contribution in [0, 0.1) is 5.92 Å². The summed E-state index contributed by atoms with van der Waals surface area (Å²) in [6.45, 7) is 2.06. The third kappa shape index (κ3) is 4.82. The summed E-state index contributed by atoms with van der Waals surface area (Å²) in [4.78, 5) is 13.2. The average molecular weight is 492 g/mol. The number of benzene rings is 3. The molecular weight excluding hydrogens is 462 g/mol. The number of sulfonamides is 1. The first kappa shape index (κ1) is 23.5. The lowest BCUT2D eigenvalue weighted by Crippen LogP contribution is -2.41. The van der Waals surface area contributed by atoms with Gasteiger partial charge in [-0.15, -0.1) is 0 Å². The van der Waals surface area contributed by atoms with E-state index in [1.807, 2.05) is 60.8 Å². The van der Waals surface area contributed by atoms with E-state index in [0.717, 1.165) is 33.9 Å². The van der Waals surface area contributed by atoms with Crippen LogP contribution in [0.5, 0.6) is 0 Å². The molecule has 1 N–H and O–H groups in total. The van der Waals surface area contributed by atoms with Crippen molar-refractivity contribution in [2.45, 2.75) is 24.3 Å². The second kappa shape index (κ2) is 9.81. The Balaban J connectivity index is 1.22. The van der Waals surface area contributed by atoms with Gasteiger partial charge in [-0.2, -0.15) is 4.31 Å². The minimum atomic E-state index is -3.60. The second-order valence-corrected chi connectivity index (χ2v) is 10.9. The Labute approximate surface area is 205 Å². The number of amides is 1. The summed E-state index contributed by atoms with van der Waals surface area (Å²) in [6, 6.07) is 20.8. The number of methoxy groups -OCH3 is 1. The highest BCUT2D eigenvalue weighted by atomic mass is 32.2. The summed E-state index contributed by atoms with van der Waals surface area (Å²) in [5.41, 5.74) is 1.84. The quantitative estimate of drug-likeness (QED) is 0.413. The lowest BCUT2D eigenvalue weighted by molar-refractivity contribution is -0.120. The van der Waals surface area contributed by atoms with E-state index in [0.29, 0.717) is 37.4 Å². The summed E-state index contributed by atoms with van der Waals surface area (Å²) in [7, 11) is -1.92. The molecule has 0 bridgehead atoms. The number of hydrogen-bond donors (Lipinski definition) is 1. The number of carbonyl (C=O) groups is 1. The molecule has 1 fully saturated rings. The summed E-state index contributed by atoms with van der Waals surface area (Å²) in [5.74, 6) is -0.286. The fourth-order valence-corrected chi connectivity index (χ4v) is 6.25. The van der Waals surface area contributed by atoms with Crippen molar-refractivity contribution in [1.82, 2.24) is 8.87 Å². The van der Waals surface area contributed by atoms with Gasteiger partial charge in [-0.05, 0) is 60.0 Å². The van der Waals surface area contributed by atoms with Gasteiger partial charge in [0.25, 0.3) is 0 Å². The van der Waals surface area contributed by atoms with Crippen molar-refractivity contribution in [2.75, 3.05) is 32.1 Å². The molecule has 1 saturated heterocycles. The zero-order chi connectivity index (χ0) is 24.4. The molecule has 7 nitrogen and oxygen atoms in total. The van der Waals surface area contributed by atoms with Crippen molar-refractivity contribution in [2.24, 2.45) is 5.92 Å². The first-order chi connectivity index (χ1) is 17.0. The van der Waals surface area contributed by atoms with Crippen LogP contribution in [0.15, 0.2) is 77.8 Å². The molecule has 1 aromatic heterocycles. The molecule has 8 heteroatoms. The molecule has 182 valence electrons. The van der Waals surface area contributed by atoms with Crippen molar-refractivity contribution in [3.8, 4) is 0 Å². The van der Waals surface area contributed by atoms with Crippen molar-refractivity contribution >= 4 is 43.3 Å². The standard InChI is InChI=1S/C27H29N3O4S/c1-34-17-16-29-13-10-23-18-24(7-9-26(23)29)28-27(31)21-11-14-30(15-12-21)35(32,33)25-8-6-20-4-2-3-5-22(20)19-25/h2-10,13,18-19,21H,11-12,14-17H2,1H3,(H,28,31). The van der Waals surface area contributed by atoms with Crippen LogP contribution in [-0.2, 0) is 26.1 Å². The zero-order valence-electron chi connectivity index (χ0n) is 19.7. The summed E-state index contributed by atoms with van der Waals surface area (Å²) >= 11 is 0. The van der Waals surface area contributed by atoms with Gasteiger partial charge >= 0.3 is 0 Å². The number of anilines is 1. The Morgan fingerprint density at radius 2 is 1.74 bits per heavy atom. The van der Waals surface area contributed by atoms with Gasteiger partial charge in [0.1, 0.15) is 0 Å². The fourth-order valence-electron chi connectivity index (χ4n) is 4.74. The van der Waals surface area contributed by atoms with Crippen LogP contribution in [0.3, 0.4) is 0 Å². The number of rotatable bonds is 7. The van der Waals surface area contributed by atoms with E-state index in [2.05, 4.69) is 9.88 Å². The number of nitrogens with zero attached hydrogens (tertiary/aromatic N) is 2. The number of fused-ring (bicyclic) bond motifs is 2. The van der Waals surface area contributed by atoms with E-state index in [4.69, 9.17) is 4.74 Å². The van der Waals surface area contributed by atoms with Crippen LogP contribution in [0.25, 0.3) is 21.7 Å². The van der Waals surface area contributed by atoms with Crippen LogP contribution in [0.1, 0.15) is 12.8 Å². The Bertz CT molecular complexity index is 1470. The number of carbonyl (C=O) groups excluding carboxylic acids is 1. The lowest BCUT2D eigenvalue weighted by Gasteiger charge is -2.30. The lowest BCUT2D eigenvalue weighted by atomic mass is 9.97. The molecule has 4 aromatic rings. The minimum Gasteiger partial charge on any atom is -0.383 e. The van der Waals surface area contributed by atoms with Crippen molar-refractivity contribution in [1.29, 1.82) is 0 Å². The maximum Gasteiger partial charge on any atom is 0.243 e. The van der Waals surface area contributed by atoms with Gasteiger partial charge in [0.15, 0.2) is 0 Å². The van der Waals surface area contributed by atoms with Crippen LogP contribution in [-0.4, -0.2) is 50.0 Å². The van der Waals surface area contributed by atoms with Gasteiger partial charge in [0.2, 0.25) is 15.9 Å². The molecule has 1 aliphatic heterocycles. The number of hydrogen-bond acceptors (Lipinski definition) is 4. The Hall–Kier alpha value is -3.20. The molecule has 5 rings (SSSR count). The van der Waals surface area contributed by atoms with E-state index >= 15 is 0 Å². The van der Waals surface area contributed by atoms with E-state index in [1.165, 1.54) is 4.31 Å². The SMILES string of the molecule is COCCn1ccc2cc(NC(=O)C3CCN(S(=O)(=O)c4ccc5ccccc5c4)CC3)ccc21. The summed E-state index contributed by atoms with van der Waals surface area (Å²) in [5, 5.41) is 5.98. The van der Waals surface area contributed by atoms with E-state index in [9.17, 15) is 13.2 Å². The predicted molar refractivity (Wildman–Crippen MR) is 138 cm³/mol. The maximum absolute atomic E-state index is 13.2. The monoisotopic (exact) mass is 491 g/mol. The maximum atomic E-state index is 13.2. The van der Waals surface area contributed by atoms with Crippen LogP contribution in [0.4, 0.5) is 5.69 Å². The minimum absolute atomic E-state index is 0.0640. The molecule has 0 atom stereocenters. The van der Waals surface area contributed by atoms with Gasteiger partial charge in [-0.3, -0.25) is 4.79 Å². The predicted octanol–water partition coefficient (Wildman–Crippen LogP) is 4.48. The molecule has 0 spiro atoms. The third-order valence-corrected chi connectivity index (χ3v) is 8.65. The Morgan fingerprint density at radius 1 is 0.971 bits per heavy atom. The molecular formula is C27H29N3O4S. The molecule has 0 saturated carbocycles. The normalized spacial score (nSPS) is 15.6. The smallest absolute Gasteiger partial charge is 0.243 e. The highest BCUT2D eigenvalue weighted by Crippen LogP contribution is 2.27. The number of aromatic nitrogens is 1. The van der Waals surface area contributed by atoms with Crippen LogP contribution < -0.4 is 5.32 Å². The van der Waals surface area contributed by atoms with Crippen molar-refractivity contribution in [3.05, 3.63) is 72.9 Å². The van der Waals surface area contributed by atoms with Gasteiger partial charge in [0.05, 0.1) is 11.5 Å². The van der Waals surface area contributed by atoms with E-state index in [-0.39, 0.29) is 11.8 Å². The van der Waals surface area contributed by atoms with Gasteiger partial charge in [-0.1, -0.05) is 30.3 Å². The molecule has 1 aliphatic rings. The van der Waals surface area contributed by atoms with Gasteiger partial charge in [0, 0.05) is 55.4 Å². The molecule has 3 aromatic carbocycles. The highest BCUT2D eigenvalue weighted by Gasteiger charge is 2.32. The molecule has 0 radical (unpaired) electrons. The number of ether oxygens (including phenoxy) is 1. The second-order valence-electron chi connectivity index (χ2n) is 8.95. The molecule has 2 heterocycles. The molecule has 1 amide bonds. The highest BCUT2D eigenvalue weighted by molar-refractivity contribution is 7.89. The van der Waals surface area contributed by atoms with Gasteiger partial charge < -0.3 is 14.6 Å². The molecule has 0 unspecified atom stereocenters. The Morgan fingerprint density at radius 3 is 2.51 bits per heavy atom. The topological polar surface area (TPSA) is 80.6 Å². The number of nitrogens with one attached hydrogen (secondary N) is 1. The first-order valence-corrected chi connectivity index (χ1v) is 13.3. The summed E-state index contributed by atoms with van der Waals surface area (Å²) in [6.07, 6.45) is 3.00. The first-order valence-electron chi connectivity index (χ1n) is 11.8. The average Bonchev–Trinajstić information content (AvgIpc) is 3.29. The van der Waals surface area contributed by atoms with Gasteiger partial charge in [-0.25, -0.2) is 8.42 Å². The van der Waals surface area contributed by atoms with E-state index in [1.54, 1.807) is 19.2 Å². The fraction of sp³-hybridized carbons (Fsp3) is 0.296. The zero-order valence-corrected chi connectivity index (χ0v) is 20.5. The van der Waals surface area contributed by atoms with Crippen LogP contribution in [0.2, 0.25) is 0 Å². The summed E-state index contributed by atoms with van der Waals surface area (Å²) < 4.78 is 35.2. The van der Waals surface area contributed by atoms with Crippen LogP contribution >= 0.6 is 0 Å². The molecule has 35 heavy (non-hydrogen) atoms. The third-order valence-electron chi connectivity index (χ3n) is 6.76. The molecule has 0 aliphatic carbocycles. The van der Waals surface area contributed by atoms with Crippen molar-refractivity contribution in [3.63, 3.8) is 0 Å². The Kier molecular flexibility index (Phi) is 6.60. The van der Waals surface area contributed by atoms with E-state index < -0.39 is 10.0 Å².